The third-order valence-electron chi connectivity index (χ3n) is 6.96. The van der Waals surface area contributed by atoms with E-state index in [-0.39, 0.29) is 16.9 Å². The molecule has 1 aliphatic carbocycles. The second-order valence-electron chi connectivity index (χ2n) is 9.08. The summed E-state index contributed by atoms with van der Waals surface area (Å²) in [5.41, 5.74) is -0.166. The minimum atomic E-state index is -0.128. The number of hydrogen-bond donors (Lipinski definition) is 1. The van der Waals surface area contributed by atoms with Crippen molar-refractivity contribution in [3.63, 3.8) is 0 Å². The maximum Gasteiger partial charge on any atom is 0.228 e. The van der Waals surface area contributed by atoms with Crippen molar-refractivity contribution in [1.82, 2.24) is 10.2 Å². The highest BCUT2D eigenvalue weighted by Gasteiger charge is 2.44. The van der Waals surface area contributed by atoms with Crippen LogP contribution in [0.5, 0.6) is 0 Å². The molecule has 1 unspecified atom stereocenters. The SMILES string of the molecule is CC(=O)NCCC1CCOC2(CCN(C(=O)C3(C)CCCCC3)CC2)C1. The van der Waals surface area contributed by atoms with E-state index in [1.165, 1.54) is 19.3 Å². The highest BCUT2D eigenvalue weighted by atomic mass is 16.5. The molecule has 0 bridgehead atoms. The van der Waals surface area contributed by atoms with E-state index in [9.17, 15) is 9.59 Å². The normalized spacial score (nSPS) is 27.9. The zero-order chi connectivity index (χ0) is 18.6. The van der Waals surface area contributed by atoms with Gasteiger partial charge in [-0.1, -0.05) is 26.2 Å². The Morgan fingerprint density at radius 1 is 1.12 bits per heavy atom. The Bertz CT molecular complexity index is 505. The molecule has 2 aliphatic heterocycles. The van der Waals surface area contributed by atoms with Crippen LogP contribution in [0.25, 0.3) is 0 Å². The summed E-state index contributed by atoms with van der Waals surface area (Å²) in [7, 11) is 0. The molecule has 1 spiro atoms. The Hall–Kier alpha value is -1.10. The molecule has 1 N–H and O–H groups in total. The maximum atomic E-state index is 13.1. The van der Waals surface area contributed by atoms with E-state index < -0.39 is 0 Å². The van der Waals surface area contributed by atoms with Crippen LogP contribution >= 0.6 is 0 Å². The summed E-state index contributed by atoms with van der Waals surface area (Å²) in [6.45, 7) is 7.01. The van der Waals surface area contributed by atoms with Crippen molar-refractivity contribution in [2.24, 2.45) is 11.3 Å². The fourth-order valence-electron chi connectivity index (χ4n) is 5.22. The molecular formula is C21H36N2O3. The van der Waals surface area contributed by atoms with Gasteiger partial charge in [0.2, 0.25) is 11.8 Å². The van der Waals surface area contributed by atoms with Gasteiger partial charge in [0, 0.05) is 38.6 Å². The van der Waals surface area contributed by atoms with E-state index in [0.29, 0.717) is 11.8 Å². The van der Waals surface area contributed by atoms with Crippen molar-refractivity contribution >= 4 is 11.8 Å². The van der Waals surface area contributed by atoms with E-state index in [1.54, 1.807) is 6.92 Å². The van der Waals surface area contributed by atoms with E-state index in [1.807, 2.05) is 0 Å². The van der Waals surface area contributed by atoms with Gasteiger partial charge in [0.15, 0.2) is 0 Å². The summed E-state index contributed by atoms with van der Waals surface area (Å²) in [5.74, 6) is 1.05. The van der Waals surface area contributed by atoms with E-state index in [0.717, 1.165) is 71.2 Å². The minimum absolute atomic E-state index is 0.0383. The molecule has 0 aromatic rings. The van der Waals surface area contributed by atoms with Crippen molar-refractivity contribution < 1.29 is 14.3 Å². The molecule has 2 heterocycles. The van der Waals surface area contributed by atoms with Gasteiger partial charge in [-0.25, -0.2) is 0 Å². The predicted molar refractivity (Wildman–Crippen MR) is 102 cm³/mol. The summed E-state index contributed by atoms with van der Waals surface area (Å²) >= 11 is 0. The monoisotopic (exact) mass is 364 g/mol. The fourth-order valence-corrected chi connectivity index (χ4v) is 5.22. The lowest BCUT2D eigenvalue weighted by molar-refractivity contribution is -0.156. The van der Waals surface area contributed by atoms with Crippen molar-refractivity contribution in [2.45, 2.75) is 83.7 Å². The first-order chi connectivity index (χ1) is 12.4. The van der Waals surface area contributed by atoms with Crippen LogP contribution in [0, 0.1) is 11.3 Å². The number of carbonyl (C=O) groups is 2. The number of likely N-dealkylation sites (tertiary alicyclic amines) is 1. The fraction of sp³-hybridized carbons (Fsp3) is 0.905. The average molecular weight is 365 g/mol. The quantitative estimate of drug-likeness (QED) is 0.833. The number of ether oxygens (including phenoxy) is 1. The van der Waals surface area contributed by atoms with E-state index in [2.05, 4.69) is 17.1 Å². The third-order valence-corrected chi connectivity index (χ3v) is 6.96. The molecule has 2 saturated heterocycles. The molecule has 3 fully saturated rings. The van der Waals surface area contributed by atoms with Crippen LogP contribution in [0.15, 0.2) is 0 Å². The molecule has 0 radical (unpaired) electrons. The summed E-state index contributed by atoms with van der Waals surface area (Å²) in [6.07, 6.45) is 10.9. The van der Waals surface area contributed by atoms with Crippen molar-refractivity contribution in [2.75, 3.05) is 26.2 Å². The van der Waals surface area contributed by atoms with Gasteiger partial charge in [-0.2, -0.15) is 0 Å². The molecule has 26 heavy (non-hydrogen) atoms. The Kier molecular flexibility index (Phi) is 6.26. The highest BCUT2D eigenvalue weighted by Crippen LogP contribution is 2.42. The van der Waals surface area contributed by atoms with Gasteiger partial charge < -0.3 is 15.0 Å². The molecule has 1 saturated carbocycles. The lowest BCUT2D eigenvalue weighted by atomic mass is 9.73. The first-order valence-corrected chi connectivity index (χ1v) is 10.6. The van der Waals surface area contributed by atoms with Gasteiger partial charge in [0.1, 0.15) is 0 Å². The second kappa shape index (κ2) is 8.28. The van der Waals surface area contributed by atoms with Crippen LogP contribution in [0.3, 0.4) is 0 Å². The maximum absolute atomic E-state index is 13.1. The molecule has 0 aromatic heterocycles. The summed E-state index contributed by atoms with van der Waals surface area (Å²) in [5, 5.41) is 2.91. The molecule has 5 heteroatoms. The zero-order valence-corrected chi connectivity index (χ0v) is 16.6. The number of amides is 2. The van der Waals surface area contributed by atoms with Crippen molar-refractivity contribution in [1.29, 1.82) is 0 Å². The first kappa shape index (κ1) is 19.7. The predicted octanol–water partition coefficient (Wildman–Crippen LogP) is 3.27. The Morgan fingerprint density at radius 2 is 1.81 bits per heavy atom. The highest BCUT2D eigenvalue weighted by molar-refractivity contribution is 5.82. The second-order valence-corrected chi connectivity index (χ2v) is 9.08. The molecule has 148 valence electrons. The lowest BCUT2D eigenvalue weighted by Crippen LogP contribution is -2.53. The number of nitrogens with one attached hydrogen (secondary N) is 1. The number of nitrogens with zero attached hydrogens (tertiary/aromatic N) is 1. The smallest absolute Gasteiger partial charge is 0.228 e. The van der Waals surface area contributed by atoms with Crippen molar-refractivity contribution in [3.05, 3.63) is 0 Å². The Balaban J connectivity index is 1.50. The molecular weight excluding hydrogens is 328 g/mol. The molecule has 3 rings (SSSR count). The topological polar surface area (TPSA) is 58.6 Å². The largest absolute Gasteiger partial charge is 0.375 e. The number of hydrogen-bond acceptors (Lipinski definition) is 3. The molecule has 3 aliphatic rings. The van der Waals surface area contributed by atoms with Crippen molar-refractivity contribution in [3.8, 4) is 0 Å². The summed E-state index contributed by atoms with van der Waals surface area (Å²) in [4.78, 5) is 26.2. The molecule has 2 amide bonds. The van der Waals surface area contributed by atoms with Gasteiger partial charge in [0.05, 0.1) is 5.60 Å². The van der Waals surface area contributed by atoms with Crippen LogP contribution in [0.2, 0.25) is 0 Å². The van der Waals surface area contributed by atoms with Crippen LogP contribution in [-0.4, -0.2) is 48.6 Å². The molecule has 5 nitrogen and oxygen atoms in total. The Labute approximate surface area is 158 Å². The third kappa shape index (κ3) is 4.59. The number of piperidine rings is 1. The van der Waals surface area contributed by atoms with Crippen LogP contribution in [0.4, 0.5) is 0 Å². The molecule has 1 atom stereocenters. The number of rotatable bonds is 4. The van der Waals surface area contributed by atoms with Gasteiger partial charge in [-0.3, -0.25) is 9.59 Å². The van der Waals surface area contributed by atoms with Gasteiger partial charge in [-0.15, -0.1) is 0 Å². The van der Waals surface area contributed by atoms with Crippen LogP contribution in [0.1, 0.15) is 78.1 Å². The summed E-state index contributed by atoms with van der Waals surface area (Å²) < 4.78 is 6.24. The lowest BCUT2D eigenvalue weighted by Gasteiger charge is -2.48. The Morgan fingerprint density at radius 3 is 2.46 bits per heavy atom. The first-order valence-electron chi connectivity index (χ1n) is 10.6. The van der Waals surface area contributed by atoms with Gasteiger partial charge in [-0.05, 0) is 50.9 Å². The van der Waals surface area contributed by atoms with Gasteiger partial charge >= 0.3 is 0 Å². The van der Waals surface area contributed by atoms with E-state index >= 15 is 0 Å². The van der Waals surface area contributed by atoms with Crippen LogP contribution < -0.4 is 5.32 Å². The zero-order valence-electron chi connectivity index (χ0n) is 16.6. The molecule has 0 aromatic carbocycles. The van der Waals surface area contributed by atoms with Gasteiger partial charge in [0.25, 0.3) is 0 Å². The number of carbonyl (C=O) groups excluding carboxylic acids is 2. The average Bonchev–Trinajstić information content (AvgIpc) is 2.62. The minimum Gasteiger partial charge on any atom is -0.375 e. The van der Waals surface area contributed by atoms with Crippen LogP contribution in [-0.2, 0) is 14.3 Å². The summed E-state index contributed by atoms with van der Waals surface area (Å²) in [6, 6.07) is 0. The van der Waals surface area contributed by atoms with E-state index in [4.69, 9.17) is 4.74 Å². The standard InChI is InChI=1S/C21H36N2O3/c1-17(24)22-12-6-18-7-15-26-21(16-18)10-13-23(14-11-21)19(25)20(2)8-4-3-5-9-20/h18H,3-16H2,1-2H3,(H,22,24).